The van der Waals surface area contributed by atoms with Crippen LogP contribution < -0.4 is 0 Å². The summed E-state index contributed by atoms with van der Waals surface area (Å²) in [5.41, 5.74) is 1.05. The molecule has 0 spiro atoms. The van der Waals surface area contributed by atoms with Crippen LogP contribution >= 0.6 is 0 Å². The lowest BCUT2D eigenvalue weighted by Gasteiger charge is -1.97. The predicted octanol–water partition coefficient (Wildman–Crippen LogP) is 2.98. The second-order valence-corrected chi connectivity index (χ2v) is 2.53. The Hall–Kier alpha value is -0.850. The van der Waals surface area contributed by atoms with Crippen molar-refractivity contribution in [3.63, 3.8) is 0 Å². The number of halogens is 1. The molecule has 1 aromatic carbocycles. The van der Waals surface area contributed by atoms with Gasteiger partial charge in [-0.3, -0.25) is 0 Å². The third-order valence-corrected chi connectivity index (χ3v) is 1.56. The molecule has 0 aliphatic heterocycles. The minimum Gasteiger partial charge on any atom is -0.207 e. The SMILES string of the molecule is CC[CH]Cc1cccc(F)c1. The fraction of sp³-hybridized carbons (Fsp3) is 0.300. The van der Waals surface area contributed by atoms with Gasteiger partial charge >= 0.3 is 0 Å². The van der Waals surface area contributed by atoms with Crippen molar-refractivity contribution in [2.45, 2.75) is 19.8 Å². The van der Waals surface area contributed by atoms with Crippen LogP contribution in [0.25, 0.3) is 0 Å². The highest BCUT2D eigenvalue weighted by Crippen LogP contribution is 2.06. The second-order valence-electron chi connectivity index (χ2n) is 2.53. The number of hydrogen-bond acceptors (Lipinski definition) is 0. The maximum absolute atomic E-state index is 12.6. The van der Waals surface area contributed by atoms with Crippen LogP contribution in [-0.4, -0.2) is 0 Å². The first-order valence-corrected chi connectivity index (χ1v) is 3.89. The molecule has 59 valence electrons. The maximum atomic E-state index is 12.6. The number of rotatable bonds is 3. The molecule has 0 aromatic heterocycles. The van der Waals surface area contributed by atoms with Crippen molar-refractivity contribution in [2.75, 3.05) is 0 Å². The van der Waals surface area contributed by atoms with Gasteiger partial charge in [-0.15, -0.1) is 0 Å². The van der Waals surface area contributed by atoms with Gasteiger partial charge < -0.3 is 0 Å². The van der Waals surface area contributed by atoms with Crippen molar-refractivity contribution in [3.8, 4) is 0 Å². The van der Waals surface area contributed by atoms with E-state index in [1.165, 1.54) is 6.07 Å². The zero-order valence-electron chi connectivity index (χ0n) is 6.68. The normalized spacial score (nSPS) is 10.0. The molecule has 0 nitrogen and oxygen atoms in total. The van der Waals surface area contributed by atoms with Crippen LogP contribution in [0.3, 0.4) is 0 Å². The molecule has 0 unspecified atom stereocenters. The van der Waals surface area contributed by atoms with E-state index in [1.54, 1.807) is 12.1 Å². The molecule has 0 atom stereocenters. The standard InChI is InChI=1S/C10H12F/c1-2-3-5-9-6-4-7-10(11)8-9/h3-4,6-8H,2,5H2,1H3. The summed E-state index contributed by atoms with van der Waals surface area (Å²) < 4.78 is 12.6. The molecule has 11 heavy (non-hydrogen) atoms. The average Bonchev–Trinajstić information content (AvgIpc) is 2.01. The Morgan fingerprint density at radius 3 is 2.91 bits per heavy atom. The fourth-order valence-electron chi connectivity index (χ4n) is 0.975. The van der Waals surface area contributed by atoms with Crippen LogP contribution in [-0.2, 0) is 6.42 Å². The van der Waals surface area contributed by atoms with E-state index in [9.17, 15) is 4.39 Å². The van der Waals surface area contributed by atoms with Crippen molar-refractivity contribution in [1.82, 2.24) is 0 Å². The summed E-state index contributed by atoms with van der Waals surface area (Å²) in [6.45, 7) is 2.08. The zero-order chi connectivity index (χ0) is 8.10. The molecule has 1 heteroatoms. The van der Waals surface area contributed by atoms with Gasteiger partial charge in [0, 0.05) is 0 Å². The van der Waals surface area contributed by atoms with Crippen molar-refractivity contribution >= 4 is 0 Å². The van der Waals surface area contributed by atoms with Crippen LogP contribution in [0, 0.1) is 12.2 Å². The van der Waals surface area contributed by atoms with Crippen LogP contribution in [0.4, 0.5) is 4.39 Å². The summed E-state index contributed by atoms with van der Waals surface area (Å²) in [5.74, 6) is -0.146. The summed E-state index contributed by atoms with van der Waals surface area (Å²) in [4.78, 5) is 0. The van der Waals surface area contributed by atoms with Crippen LogP contribution in [0.15, 0.2) is 24.3 Å². The molecule has 0 fully saturated rings. The lowest BCUT2D eigenvalue weighted by molar-refractivity contribution is 0.626. The highest BCUT2D eigenvalue weighted by atomic mass is 19.1. The fourth-order valence-corrected chi connectivity index (χ4v) is 0.975. The van der Waals surface area contributed by atoms with E-state index in [0.717, 1.165) is 18.4 Å². The summed E-state index contributed by atoms with van der Waals surface area (Å²) in [6.07, 6.45) is 4.04. The first-order chi connectivity index (χ1) is 5.33. The Bertz CT molecular complexity index is 218. The van der Waals surface area contributed by atoms with E-state index in [0.29, 0.717) is 0 Å². The average molecular weight is 151 g/mol. The van der Waals surface area contributed by atoms with Gasteiger partial charge in [-0.05, 0) is 30.5 Å². The smallest absolute Gasteiger partial charge is 0.123 e. The van der Waals surface area contributed by atoms with Crippen molar-refractivity contribution in [3.05, 3.63) is 42.1 Å². The van der Waals surface area contributed by atoms with Gasteiger partial charge in [0.05, 0.1) is 0 Å². The highest BCUT2D eigenvalue weighted by Gasteiger charge is 1.93. The molecule has 0 aliphatic carbocycles. The first-order valence-electron chi connectivity index (χ1n) is 3.89. The van der Waals surface area contributed by atoms with E-state index >= 15 is 0 Å². The van der Waals surface area contributed by atoms with Crippen molar-refractivity contribution in [2.24, 2.45) is 0 Å². The van der Waals surface area contributed by atoms with Gasteiger partial charge in [0.2, 0.25) is 0 Å². The highest BCUT2D eigenvalue weighted by molar-refractivity contribution is 5.17. The molecule has 1 aromatic rings. The molecule has 0 amide bonds. The number of hydrogen-bond donors (Lipinski definition) is 0. The molecule has 0 bridgehead atoms. The maximum Gasteiger partial charge on any atom is 0.123 e. The topological polar surface area (TPSA) is 0 Å². The minimum absolute atomic E-state index is 0.146. The van der Waals surface area contributed by atoms with E-state index < -0.39 is 0 Å². The molecule has 0 heterocycles. The third kappa shape index (κ3) is 2.71. The third-order valence-electron chi connectivity index (χ3n) is 1.56. The summed E-state index contributed by atoms with van der Waals surface area (Å²) >= 11 is 0. The first kappa shape index (κ1) is 8.25. The molecule has 0 aliphatic rings. The Morgan fingerprint density at radius 2 is 2.27 bits per heavy atom. The summed E-state index contributed by atoms with van der Waals surface area (Å²) in [7, 11) is 0. The van der Waals surface area contributed by atoms with E-state index in [-0.39, 0.29) is 5.82 Å². The quantitative estimate of drug-likeness (QED) is 0.623. The van der Waals surface area contributed by atoms with E-state index in [1.807, 2.05) is 6.07 Å². The van der Waals surface area contributed by atoms with E-state index in [4.69, 9.17) is 0 Å². The minimum atomic E-state index is -0.146. The number of benzene rings is 1. The van der Waals surface area contributed by atoms with Gasteiger partial charge in [0.25, 0.3) is 0 Å². The second kappa shape index (κ2) is 4.12. The van der Waals surface area contributed by atoms with Gasteiger partial charge in [-0.1, -0.05) is 25.5 Å². The van der Waals surface area contributed by atoms with Gasteiger partial charge in [-0.2, -0.15) is 0 Å². The Morgan fingerprint density at radius 1 is 1.45 bits per heavy atom. The molecular weight excluding hydrogens is 139 g/mol. The van der Waals surface area contributed by atoms with Gasteiger partial charge in [-0.25, -0.2) is 4.39 Å². The lowest BCUT2D eigenvalue weighted by Crippen LogP contribution is -1.85. The largest absolute Gasteiger partial charge is 0.207 e. The zero-order valence-corrected chi connectivity index (χ0v) is 6.68. The molecule has 1 rings (SSSR count). The molecule has 0 saturated carbocycles. The molecule has 0 N–H and O–H groups in total. The predicted molar refractivity (Wildman–Crippen MR) is 44.7 cm³/mol. The van der Waals surface area contributed by atoms with Crippen LogP contribution in [0.5, 0.6) is 0 Å². The Balaban J connectivity index is 2.56. The summed E-state index contributed by atoms with van der Waals surface area (Å²) in [6, 6.07) is 6.73. The van der Waals surface area contributed by atoms with E-state index in [2.05, 4.69) is 13.3 Å². The summed E-state index contributed by atoms with van der Waals surface area (Å²) in [5, 5.41) is 0. The van der Waals surface area contributed by atoms with Crippen LogP contribution in [0.2, 0.25) is 0 Å². The van der Waals surface area contributed by atoms with Gasteiger partial charge in [0.1, 0.15) is 5.82 Å². The number of unbranched alkanes of at least 4 members (excludes halogenated alkanes) is 1. The Labute approximate surface area is 67.1 Å². The van der Waals surface area contributed by atoms with Crippen molar-refractivity contribution < 1.29 is 4.39 Å². The molecule has 1 radical (unpaired) electrons. The van der Waals surface area contributed by atoms with Gasteiger partial charge in [0.15, 0.2) is 0 Å². The van der Waals surface area contributed by atoms with Crippen molar-refractivity contribution in [1.29, 1.82) is 0 Å². The molecular formula is C10H12F. The lowest BCUT2D eigenvalue weighted by atomic mass is 10.1. The monoisotopic (exact) mass is 151 g/mol. The van der Waals surface area contributed by atoms with Crippen LogP contribution in [0.1, 0.15) is 18.9 Å². The Kier molecular flexibility index (Phi) is 3.09. The molecule has 0 saturated heterocycles.